The van der Waals surface area contributed by atoms with Crippen molar-refractivity contribution in [1.29, 1.82) is 0 Å². The SMILES string of the molecule is Cn1c(Cn2ccnc2)nnc1C1CCN(Cc2ccncc2)CC1. The Bertz CT molecular complexity index is 786. The normalized spacial score (nSPS) is 16.4. The van der Waals surface area contributed by atoms with Crippen molar-refractivity contribution < 1.29 is 0 Å². The molecular weight excluding hydrogens is 314 g/mol. The minimum Gasteiger partial charge on any atom is -0.330 e. The zero-order chi connectivity index (χ0) is 17.1. The zero-order valence-electron chi connectivity index (χ0n) is 14.5. The fraction of sp³-hybridized carbons (Fsp3) is 0.444. The van der Waals surface area contributed by atoms with Crippen molar-refractivity contribution in [2.24, 2.45) is 7.05 Å². The Morgan fingerprint density at radius 2 is 1.80 bits per heavy atom. The number of likely N-dealkylation sites (tertiary alicyclic amines) is 1. The maximum atomic E-state index is 4.48. The van der Waals surface area contributed by atoms with E-state index in [2.05, 4.69) is 48.8 Å². The van der Waals surface area contributed by atoms with Crippen LogP contribution in [0.15, 0.2) is 43.2 Å². The van der Waals surface area contributed by atoms with Crippen molar-refractivity contribution in [2.75, 3.05) is 13.1 Å². The van der Waals surface area contributed by atoms with Crippen LogP contribution in [-0.2, 0) is 20.1 Å². The van der Waals surface area contributed by atoms with Gasteiger partial charge < -0.3 is 9.13 Å². The molecule has 3 aromatic rings. The maximum Gasteiger partial charge on any atom is 0.152 e. The standard InChI is InChI=1S/C18H23N7/c1-23-17(13-25-11-8-20-14-25)21-22-18(23)16-4-9-24(10-5-16)12-15-2-6-19-7-3-15/h2-3,6-8,11,14,16H,4-5,9-10,12-13H2,1H3. The Labute approximate surface area is 147 Å². The molecule has 25 heavy (non-hydrogen) atoms. The summed E-state index contributed by atoms with van der Waals surface area (Å²) < 4.78 is 4.17. The van der Waals surface area contributed by atoms with Gasteiger partial charge in [0.15, 0.2) is 5.82 Å². The summed E-state index contributed by atoms with van der Waals surface area (Å²) in [5.41, 5.74) is 1.33. The first-order valence-corrected chi connectivity index (χ1v) is 8.75. The van der Waals surface area contributed by atoms with Crippen LogP contribution in [0.3, 0.4) is 0 Å². The smallest absolute Gasteiger partial charge is 0.152 e. The topological polar surface area (TPSA) is 64.7 Å². The molecule has 0 spiro atoms. The Balaban J connectivity index is 1.37. The molecule has 0 saturated carbocycles. The molecule has 4 rings (SSSR count). The van der Waals surface area contributed by atoms with Crippen LogP contribution < -0.4 is 0 Å². The van der Waals surface area contributed by atoms with Gasteiger partial charge in [-0.25, -0.2) is 4.98 Å². The molecule has 1 fully saturated rings. The van der Waals surface area contributed by atoms with Crippen molar-refractivity contribution >= 4 is 0 Å². The summed E-state index contributed by atoms with van der Waals surface area (Å²) in [6.07, 6.45) is 11.5. The molecule has 0 radical (unpaired) electrons. The molecule has 130 valence electrons. The first-order valence-electron chi connectivity index (χ1n) is 8.75. The summed E-state index contributed by atoms with van der Waals surface area (Å²) in [6, 6.07) is 4.19. The molecule has 0 atom stereocenters. The third-order valence-electron chi connectivity index (χ3n) is 4.99. The van der Waals surface area contributed by atoms with Gasteiger partial charge in [0, 0.05) is 44.3 Å². The minimum absolute atomic E-state index is 0.489. The van der Waals surface area contributed by atoms with E-state index in [0.717, 1.165) is 44.1 Å². The van der Waals surface area contributed by atoms with Crippen molar-refractivity contribution in [3.05, 3.63) is 60.5 Å². The van der Waals surface area contributed by atoms with Gasteiger partial charge in [0.05, 0.1) is 12.9 Å². The third kappa shape index (κ3) is 3.61. The molecule has 0 amide bonds. The predicted molar refractivity (Wildman–Crippen MR) is 93.8 cm³/mol. The van der Waals surface area contributed by atoms with Crippen molar-refractivity contribution in [2.45, 2.75) is 31.8 Å². The highest BCUT2D eigenvalue weighted by atomic mass is 15.3. The van der Waals surface area contributed by atoms with Gasteiger partial charge in [-0.15, -0.1) is 10.2 Å². The lowest BCUT2D eigenvalue weighted by atomic mass is 9.95. The van der Waals surface area contributed by atoms with Crippen LogP contribution in [0, 0.1) is 0 Å². The fourth-order valence-electron chi connectivity index (χ4n) is 3.51. The van der Waals surface area contributed by atoms with E-state index < -0.39 is 0 Å². The Hall–Kier alpha value is -2.54. The number of aromatic nitrogens is 6. The third-order valence-corrected chi connectivity index (χ3v) is 4.99. The van der Waals surface area contributed by atoms with Crippen LogP contribution in [0.1, 0.15) is 36.0 Å². The number of nitrogens with zero attached hydrogens (tertiary/aromatic N) is 7. The van der Waals surface area contributed by atoms with E-state index in [0.29, 0.717) is 12.5 Å². The number of rotatable bonds is 5. The van der Waals surface area contributed by atoms with Crippen LogP contribution in [0.25, 0.3) is 0 Å². The molecule has 3 aromatic heterocycles. The van der Waals surface area contributed by atoms with E-state index in [-0.39, 0.29) is 0 Å². The molecule has 7 heteroatoms. The largest absolute Gasteiger partial charge is 0.330 e. The van der Waals surface area contributed by atoms with Gasteiger partial charge in [-0.3, -0.25) is 9.88 Å². The van der Waals surface area contributed by atoms with E-state index in [9.17, 15) is 0 Å². The summed E-state index contributed by atoms with van der Waals surface area (Å²) >= 11 is 0. The lowest BCUT2D eigenvalue weighted by molar-refractivity contribution is 0.200. The molecule has 0 aromatic carbocycles. The summed E-state index contributed by atoms with van der Waals surface area (Å²) in [5.74, 6) is 2.58. The monoisotopic (exact) mass is 337 g/mol. The van der Waals surface area contributed by atoms with E-state index in [4.69, 9.17) is 0 Å². The van der Waals surface area contributed by atoms with E-state index >= 15 is 0 Å². The van der Waals surface area contributed by atoms with Gasteiger partial charge in [0.1, 0.15) is 5.82 Å². The van der Waals surface area contributed by atoms with Crippen LogP contribution in [0.2, 0.25) is 0 Å². The van der Waals surface area contributed by atoms with Crippen LogP contribution in [-0.4, -0.2) is 47.3 Å². The molecule has 0 aliphatic carbocycles. The number of imidazole rings is 1. The number of pyridine rings is 1. The number of hydrogen-bond acceptors (Lipinski definition) is 5. The van der Waals surface area contributed by atoms with Gasteiger partial charge in [0.25, 0.3) is 0 Å². The molecule has 1 aliphatic heterocycles. The average Bonchev–Trinajstić information content (AvgIpc) is 3.28. The van der Waals surface area contributed by atoms with Gasteiger partial charge >= 0.3 is 0 Å². The van der Waals surface area contributed by atoms with E-state index in [1.54, 1.807) is 6.20 Å². The Morgan fingerprint density at radius 3 is 2.52 bits per heavy atom. The van der Waals surface area contributed by atoms with E-state index in [1.165, 1.54) is 5.56 Å². The highest BCUT2D eigenvalue weighted by Gasteiger charge is 2.25. The molecule has 0 unspecified atom stereocenters. The zero-order valence-corrected chi connectivity index (χ0v) is 14.5. The lowest BCUT2D eigenvalue weighted by Gasteiger charge is -2.31. The Kier molecular flexibility index (Phi) is 4.56. The first kappa shape index (κ1) is 16.0. The fourth-order valence-corrected chi connectivity index (χ4v) is 3.51. The Morgan fingerprint density at radius 1 is 1.00 bits per heavy atom. The summed E-state index contributed by atoms with van der Waals surface area (Å²) in [6.45, 7) is 3.90. The molecule has 7 nitrogen and oxygen atoms in total. The second-order valence-corrected chi connectivity index (χ2v) is 6.67. The molecule has 0 bridgehead atoms. The molecule has 1 saturated heterocycles. The van der Waals surface area contributed by atoms with Crippen LogP contribution in [0.5, 0.6) is 0 Å². The lowest BCUT2D eigenvalue weighted by Crippen LogP contribution is -2.33. The van der Waals surface area contributed by atoms with Crippen LogP contribution in [0.4, 0.5) is 0 Å². The van der Waals surface area contributed by atoms with Crippen molar-refractivity contribution in [3.8, 4) is 0 Å². The summed E-state index contributed by atoms with van der Waals surface area (Å²) in [7, 11) is 2.07. The van der Waals surface area contributed by atoms with Gasteiger partial charge in [-0.1, -0.05) is 0 Å². The predicted octanol–water partition coefficient (Wildman–Crippen LogP) is 1.83. The van der Waals surface area contributed by atoms with E-state index in [1.807, 2.05) is 29.5 Å². The quantitative estimate of drug-likeness (QED) is 0.711. The van der Waals surface area contributed by atoms with Crippen LogP contribution >= 0.6 is 0 Å². The maximum absolute atomic E-state index is 4.48. The molecular formula is C18H23N7. The average molecular weight is 337 g/mol. The summed E-state index contributed by atoms with van der Waals surface area (Å²) in [5, 5.41) is 8.88. The van der Waals surface area contributed by atoms with Gasteiger partial charge in [-0.05, 0) is 43.6 Å². The van der Waals surface area contributed by atoms with Gasteiger partial charge in [0.2, 0.25) is 0 Å². The number of piperidine rings is 1. The molecule has 0 N–H and O–H groups in total. The summed E-state index contributed by atoms with van der Waals surface area (Å²) in [4.78, 5) is 10.7. The highest BCUT2D eigenvalue weighted by molar-refractivity contribution is 5.10. The first-order chi connectivity index (χ1) is 12.3. The van der Waals surface area contributed by atoms with Gasteiger partial charge in [-0.2, -0.15) is 0 Å². The molecule has 4 heterocycles. The highest BCUT2D eigenvalue weighted by Crippen LogP contribution is 2.27. The van der Waals surface area contributed by atoms with Crippen molar-refractivity contribution in [3.63, 3.8) is 0 Å². The second-order valence-electron chi connectivity index (χ2n) is 6.67. The second kappa shape index (κ2) is 7.14. The van der Waals surface area contributed by atoms with Crippen molar-refractivity contribution in [1.82, 2.24) is 34.2 Å². The number of hydrogen-bond donors (Lipinski definition) is 0. The minimum atomic E-state index is 0.489. The molecule has 1 aliphatic rings.